The highest BCUT2D eigenvalue weighted by Crippen LogP contribution is 2.33. The summed E-state index contributed by atoms with van der Waals surface area (Å²) in [6, 6.07) is 19.0. The van der Waals surface area contributed by atoms with Crippen molar-refractivity contribution in [3.05, 3.63) is 88.4 Å². The summed E-state index contributed by atoms with van der Waals surface area (Å²) < 4.78 is 5.60. The fourth-order valence-electron chi connectivity index (χ4n) is 3.83. The smallest absolute Gasteiger partial charge is 0.263 e. The van der Waals surface area contributed by atoms with Crippen LogP contribution in [0.3, 0.4) is 0 Å². The molecule has 2 aromatic carbocycles. The van der Waals surface area contributed by atoms with E-state index in [0.29, 0.717) is 28.7 Å². The van der Waals surface area contributed by atoms with Gasteiger partial charge in [-0.2, -0.15) is 20.5 Å². The summed E-state index contributed by atoms with van der Waals surface area (Å²) in [5, 5.41) is 30.6. The van der Waals surface area contributed by atoms with E-state index in [4.69, 9.17) is 20.0 Å². The Balaban J connectivity index is 1.54. The number of aromatic nitrogens is 4. The summed E-state index contributed by atoms with van der Waals surface area (Å²) in [6.45, 7) is 3.97. The van der Waals surface area contributed by atoms with E-state index in [2.05, 4.69) is 31.8 Å². The number of nitrogens with one attached hydrogen (secondary N) is 2. The summed E-state index contributed by atoms with van der Waals surface area (Å²) in [4.78, 5) is 14.7. The van der Waals surface area contributed by atoms with Crippen LogP contribution in [-0.4, -0.2) is 20.1 Å². The third-order valence-electron chi connectivity index (χ3n) is 5.61. The maximum Gasteiger partial charge on any atom is 0.263 e. The van der Waals surface area contributed by atoms with Crippen molar-refractivity contribution in [2.75, 3.05) is 10.6 Å². The van der Waals surface area contributed by atoms with E-state index in [9.17, 15) is 0 Å². The molecule has 0 amide bonds. The van der Waals surface area contributed by atoms with E-state index in [-0.39, 0.29) is 5.89 Å². The van der Waals surface area contributed by atoms with Gasteiger partial charge in [-0.15, -0.1) is 11.3 Å². The first-order chi connectivity index (χ1) is 18.5. The van der Waals surface area contributed by atoms with E-state index in [0.717, 1.165) is 32.9 Å². The number of anilines is 4. The van der Waals surface area contributed by atoms with Gasteiger partial charge >= 0.3 is 0 Å². The molecule has 3 heterocycles. The predicted octanol–water partition coefficient (Wildman–Crippen LogP) is 6.77. The van der Waals surface area contributed by atoms with E-state index >= 15 is 0 Å². The van der Waals surface area contributed by atoms with Gasteiger partial charge in [0.1, 0.15) is 11.4 Å². The van der Waals surface area contributed by atoms with Crippen LogP contribution in [0, 0.1) is 36.5 Å². The number of benzene rings is 2. The van der Waals surface area contributed by atoms with Crippen LogP contribution in [0.4, 0.5) is 23.1 Å². The van der Waals surface area contributed by atoms with Gasteiger partial charge in [0.25, 0.3) is 5.89 Å². The quantitative estimate of drug-likeness (QED) is 0.225. The van der Waals surface area contributed by atoms with Crippen LogP contribution < -0.4 is 10.6 Å². The van der Waals surface area contributed by atoms with Crippen LogP contribution in [-0.2, 0) is 0 Å². The average Bonchev–Trinajstić information content (AvgIpc) is 3.63. The molecule has 0 saturated heterocycles. The minimum atomic E-state index is 0.282. The molecule has 0 aliphatic heterocycles. The van der Waals surface area contributed by atoms with Crippen LogP contribution in [0.15, 0.2) is 70.7 Å². The molecule has 3 aromatic heterocycles. The average molecular weight is 517 g/mol. The molecule has 10 heteroatoms. The molecule has 5 aromatic rings. The van der Waals surface area contributed by atoms with Gasteiger partial charge in [0.15, 0.2) is 0 Å². The molecule has 0 aliphatic carbocycles. The lowest BCUT2D eigenvalue weighted by molar-refractivity contribution is 0.432. The molecule has 184 valence electrons. The highest BCUT2D eigenvalue weighted by Gasteiger charge is 2.19. The number of nitriles is 2. The number of hydrogen-bond acceptors (Lipinski definition) is 10. The standard InChI is InChI=1S/C28H20N8OS/c1-17-13-20(5-3-11-29)14-18(2)24(17)33-25-22(27-34-26(36-37-27)23-6-4-12-38-23)16-31-28(35-25)32-21-9-7-19(15-30)8-10-21/h3-10,12-14,16H,1-2H3,(H2,31,32,33,35)/b5-3+. The highest BCUT2D eigenvalue weighted by molar-refractivity contribution is 7.13. The lowest BCUT2D eigenvalue weighted by Gasteiger charge is -2.16. The second kappa shape index (κ2) is 10.7. The van der Waals surface area contributed by atoms with E-state index in [1.165, 1.54) is 17.4 Å². The Labute approximate surface area is 222 Å². The fraction of sp³-hybridized carbons (Fsp3) is 0.0714. The van der Waals surface area contributed by atoms with Gasteiger partial charge in [-0.1, -0.05) is 11.2 Å². The van der Waals surface area contributed by atoms with Crippen molar-refractivity contribution in [1.29, 1.82) is 10.5 Å². The van der Waals surface area contributed by atoms with Crippen molar-refractivity contribution in [1.82, 2.24) is 20.1 Å². The van der Waals surface area contributed by atoms with Gasteiger partial charge in [-0.25, -0.2) is 4.98 Å². The van der Waals surface area contributed by atoms with Crippen LogP contribution in [0.5, 0.6) is 0 Å². The Hall–Kier alpha value is -5.32. The molecule has 0 aliphatic rings. The van der Waals surface area contributed by atoms with Crippen LogP contribution in [0.25, 0.3) is 28.2 Å². The molecule has 0 bridgehead atoms. The zero-order valence-corrected chi connectivity index (χ0v) is 21.2. The summed E-state index contributed by atoms with van der Waals surface area (Å²) in [6.07, 6.45) is 4.84. The van der Waals surface area contributed by atoms with Gasteiger partial charge in [-0.05, 0) is 84.5 Å². The molecule has 5 rings (SSSR count). The number of nitrogens with zero attached hydrogens (tertiary/aromatic N) is 6. The normalized spacial score (nSPS) is 10.7. The van der Waals surface area contributed by atoms with Crippen molar-refractivity contribution in [2.24, 2.45) is 0 Å². The summed E-state index contributed by atoms with van der Waals surface area (Å²) in [7, 11) is 0. The van der Waals surface area contributed by atoms with Crippen molar-refractivity contribution in [3.8, 4) is 34.3 Å². The van der Waals surface area contributed by atoms with Crippen LogP contribution in [0.1, 0.15) is 22.3 Å². The minimum Gasteiger partial charge on any atom is -0.339 e. The van der Waals surface area contributed by atoms with Crippen LogP contribution in [0.2, 0.25) is 0 Å². The zero-order valence-electron chi connectivity index (χ0n) is 20.4. The zero-order chi connectivity index (χ0) is 26.5. The third-order valence-corrected chi connectivity index (χ3v) is 6.47. The maximum absolute atomic E-state index is 9.06. The Morgan fingerprint density at radius 2 is 1.79 bits per heavy atom. The van der Waals surface area contributed by atoms with Gasteiger partial charge in [0, 0.05) is 23.6 Å². The van der Waals surface area contributed by atoms with Crippen molar-refractivity contribution in [3.63, 3.8) is 0 Å². The largest absolute Gasteiger partial charge is 0.339 e. The van der Waals surface area contributed by atoms with Crippen LogP contribution >= 0.6 is 11.3 Å². The topological polar surface area (TPSA) is 136 Å². The van der Waals surface area contributed by atoms with E-state index < -0.39 is 0 Å². The van der Waals surface area contributed by atoms with E-state index in [1.54, 1.807) is 36.5 Å². The van der Waals surface area contributed by atoms with Crippen molar-refractivity contribution >= 4 is 40.6 Å². The second-order valence-electron chi connectivity index (χ2n) is 8.29. The maximum atomic E-state index is 9.06. The van der Waals surface area contributed by atoms with Gasteiger partial charge in [0.2, 0.25) is 11.8 Å². The number of thiophene rings is 1. The molecular weight excluding hydrogens is 496 g/mol. The molecule has 0 unspecified atom stereocenters. The summed E-state index contributed by atoms with van der Waals surface area (Å²) >= 11 is 1.52. The highest BCUT2D eigenvalue weighted by atomic mass is 32.1. The number of hydrogen-bond donors (Lipinski definition) is 2. The number of aryl methyl sites for hydroxylation is 2. The number of allylic oxidation sites excluding steroid dienone is 1. The molecule has 38 heavy (non-hydrogen) atoms. The molecule has 0 spiro atoms. The first-order valence-corrected chi connectivity index (χ1v) is 12.4. The van der Waals surface area contributed by atoms with Gasteiger partial charge < -0.3 is 15.2 Å². The molecule has 0 radical (unpaired) electrons. The Kier molecular flexibility index (Phi) is 6.89. The lowest BCUT2D eigenvalue weighted by Crippen LogP contribution is -2.05. The number of rotatable bonds is 7. The Bertz CT molecular complexity index is 1680. The lowest BCUT2D eigenvalue weighted by atomic mass is 10.0. The molecule has 0 saturated carbocycles. The first-order valence-electron chi connectivity index (χ1n) is 11.5. The predicted molar refractivity (Wildman–Crippen MR) is 147 cm³/mol. The van der Waals surface area contributed by atoms with Crippen molar-refractivity contribution < 1.29 is 4.52 Å². The minimum absolute atomic E-state index is 0.282. The third kappa shape index (κ3) is 5.26. The van der Waals surface area contributed by atoms with E-state index in [1.807, 2.05) is 49.6 Å². The van der Waals surface area contributed by atoms with Gasteiger partial charge in [0.05, 0.1) is 22.6 Å². The fourth-order valence-corrected chi connectivity index (χ4v) is 4.48. The molecule has 0 atom stereocenters. The molecular formula is C28H20N8OS. The summed E-state index contributed by atoms with van der Waals surface area (Å²) in [5.74, 6) is 1.60. The second-order valence-corrected chi connectivity index (χ2v) is 9.24. The van der Waals surface area contributed by atoms with Crippen molar-refractivity contribution in [2.45, 2.75) is 13.8 Å². The summed E-state index contributed by atoms with van der Waals surface area (Å²) in [5.41, 5.74) is 5.57. The molecule has 9 nitrogen and oxygen atoms in total. The van der Waals surface area contributed by atoms with Gasteiger partial charge in [-0.3, -0.25) is 0 Å². The molecule has 0 fully saturated rings. The monoisotopic (exact) mass is 516 g/mol. The Morgan fingerprint density at radius 1 is 1.00 bits per heavy atom. The SMILES string of the molecule is Cc1cc(/C=C/C#N)cc(C)c1Nc1nc(Nc2ccc(C#N)cc2)ncc1-c1nc(-c2cccs2)no1. The molecule has 2 N–H and O–H groups in total. The first kappa shape index (κ1) is 24.4. The Morgan fingerprint density at radius 3 is 2.47 bits per heavy atom.